The molecule has 0 N–H and O–H groups in total. The van der Waals surface area contributed by atoms with Gasteiger partial charge in [-0.25, -0.2) is 0 Å². The quantitative estimate of drug-likeness (QED) is 0.619. The van der Waals surface area contributed by atoms with E-state index in [1.54, 1.807) is 19.2 Å². The molecule has 1 rings (SSSR count). The maximum Gasteiger partial charge on any atom is 0.159 e. The van der Waals surface area contributed by atoms with Crippen LogP contribution in [0.1, 0.15) is 17.3 Å². The smallest absolute Gasteiger partial charge is 0.159 e. The highest BCUT2D eigenvalue weighted by Gasteiger charge is 2.09. The Morgan fingerprint density at radius 1 is 1.54 bits per heavy atom. The monoisotopic (exact) mass is 310 g/mol. The van der Waals surface area contributed by atoms with Gasteiger partial charge in [-0.1, -0.05) is 11.6 Å². The second-order valence-corrected chi connectivity index (χ2v) is 4.02. The number of halogens is 2. The number of rotatable bonds is 2. The van der Waals surface area contributed by atoms with Gasteiger partial charge in [-0.3, -0.25) is 4.79 Å². The van der Waals surface area contributed by atoms with Gasteiger partial charge >= 0.3 is 0 Å². The summed E-state index contributed by atoms with van der Waals surface area (Å²) in [6, 6.07) is 3.34. The number of hydrogen-bond donors (Lipinski definition) is 0. The molecule has 0 bridgehead atoms. The van der Waals surface area contributed by atoms with Gasteiger partial charge in [0.1, 0.15) is 5.75 Å². The third-order valence-corrected chi connectivity index (χ3v) is 3.35. The molecule has 2 nitrogen and oxygen atoms in total. The van der Waals surface area contributed by atoms with E-state index in [1.807, 2.05) is 0 Å². The average Bonchev–Trinajstić information content (AvgIpc) is 2.09. The van der Waals surface area contributed by atoms with E-state index in [9.17, 15) is 4.79 Å². The molecule has 13 heavy (non-hydrogen) atoms. The van der Waals surface area contributed by atoms with Crippen LogP contribution in [0.15, 0.2) is 12.1 Å². The van der Waals surface area contributed by atoms with Crippen LogP contribution in [0.5, 0.6) is 5.75 Å². The topological polar surface area (TPSA) is 26.3 Å². The summed E-state index contributed by atoms with van der Waals surface area (Å²) in [6.45, 7) is 1.50. The Bertz CT molecular complexity index is 350. The Morgan fingerprint density at radius 3 is 2.62 bits per heavy atom. The number of methoxy groups -OCH3 is 1. The zero-order valence-electron chi connectivity index (χ0n) is 7.23. The fourth-order valence-corrected chi connectivity index (χ4v) is 1.66. The van der Waals surface area contributed by atoms with Crippen LogP contribution < -0.4 is 4.74 Å². The second-order valence-electron chi connectivity index (χ2n) is 2.53. The minimum Gasteiger partial charge on any atom is -0.496 e. The molecule has 0 heterocycles. The van der Waals surface area contributed by atoms with Crippen LogP contribution >= 0.6 is 34.2 Å². The minimum atomic E-state index is -0.0170. The SMILES string of the molecule is COc1cc(C(C)=O)cc(Cl)c1I. The van der Waals surface area contributed by atoms with Crippen molar-refractivity contribution in [3.8, 4) is 5.75 Å². The van der Waals surface area contributed by atoms with Gasteiger partial charge in [-0.2, -0.15) is 0 Å². The van der Waals surface area contributed by atoms with Crippen LogP contribution in [-0.2, 0) is 0 Å². The molecular formula is C9H8ClIO2. The van der Waals surface area contributed by atoms with Gasteiger partial charge in [-0.15, -0.1) is 0 Å². The molecule has 1 aromatic carbocycles. The van der Waals surface area contributed by atoms with E-state index in [1.165, 1.54) is 6.92 Å². The Balaban J connectivity index is 3.30. The van der Waals surface area contributed by atoms with Crippen molar-refractivity contribution in [2.75, 3.05) is 7.11 Å². The van der Waals surface area contributed by atoms with Gasteiger partial charge in [0.05, 0.1) is 15.7 Å². The summed E-state index contributed by atoms with van der Waals surface area (Å²) in [6.07, 6.45) is 0. The van der Waals surface area contributed by atoms with Crippen LogP contribution in [0.3, 0.4) is 0 Å². The predicted octanol–water partition coefficient (Wildman–Crippen LogP) is 3.16. The van der Waals surface area contributed by atoms with Crippen molar-refractivity contribution in [2.45, 2.75) is 6.92 Å². The van der Waals surface area contributed by atoms with Crippen molar-refractivity contribution in [3.63, 3.8) is 0 Å². The molecule has 0 aliphatic heterocycles. The third-order valence-electron chi connectivity index (χ3n) is 1.62. The lowest BCUT2D eigenvalue weighted by Gasteiger charge is -2.06. The van der Waals surface area contributed by atoms with Crippen LogP contribution in [0.2, 0.25) is 5.02 Å². The predicted molar refractivity (Wildman–Crippen MR) is 60.7 cm³/mol. The summed E-state index contributed by atoms with van der Waals surface area (Å²) in [4.78, 5) is 11.1. The maximum atomic E-state index is 11.1. The van der Waals surface area contributed by atoms with Gasteiger partial charge in [0.15, 0.2) is 5.78 Å². The van der Waals surface area contributed by atoms with Gasteiger partial charge < -0.3 is 4.74 Å². The molecule has 0 fully saturated rings. The number of carbonyl (C=O) groups excluding carboxylic acids is 1. The van der Waals surface area contributed by atoms with E-state index in [-0.39, 0.29) is 5.78 Å². The van der Waals surface area contributed by atoms with Gasteiger partial charge in [0.2, 0.25) is 0 Å². The van der Waals surface area contributed by atoms with Crippen LogP contribution in [0.25, 0.3) is 0 Å². The van der Waals surface area contributed by atoms with Crippen molar-refractivity contribution in [1.82, 2.24) is 0 Å². The van der Waals surface area contributed by atoms with E-state index >= 15 is 0 Å². The Kier molecular flexibility index (Phi) is 3.55. The molecule has 0 atom stereocenters. The molecular weight excluding hydrogens is 302 g/mol. The first-order valence-electron chi connectivity index (χ1n) is 3.60. The molecule has 70 valence electrons. The first kappa shape index (κ1) is 10.8. The zero-order chi connectivity index (χ0) is 10.0. The van der Waals surface area contributed by atoms with Crippen molar-refractivity contribution in [1.29, 1.82) is 0 Å². The van der Waals surface area contributed by atoms with Crippen molar-refractivity contribution in [3.05, 3.63) is 26.3 Å². The highest BCUT2D eigenvalue weighted by Crippen LogP contribution is 2.29. The third kappa shape index (κ3) is 2.34. The Morgan fingerprint density at radius 2 is 2.15 bits per heavy atom. The standard InChI is InChI=1S/C9H8ClIO2/c1-5(12)6-3-7(10)9(11)8(4-6)13-2/h3-4H,1-2H3. The molecule has 0 aliphatic rings. The van der Waals surface area contributed by atoms with Gasteiger partial charge in [0.25, 0.3) is 0 Å². The molecule has 0 radical (unpaired) electrons. The number of Topliss-reactive ketones (excluding diaryl/α,β-unsaturated/α-hetero) is 1. The number of benzene rings is 1. The summed E-state index contributed by atoms with van der Waals surface area (Å²) in [7, 11) is 1.55. The molecule has 4 heteroatoms. The molecule has 0 aliphatic carbocycles. The molecule has 0 spiro atoms. The maximum absolute atomic E-state index is 11.1. The number of carbonyl (C=O) groups is 1. The summed E-state index contributed by atoms with van der Waals surface area (Å²) in [5.74, 6) is 0.620. The van der Waals surface area contributed by atoms with E-state index in [0.717, 1.165) is 3.57 Å². The van der Waals surface area contributed by atoms with Crippen LogP contribution in [-0.4, -0.2) is 12.9 Å². The largest absolute Gasteiger partial charge is 0.496 e. The van der Waals surface area contributed by atoms with Gasteiger partial charge in [-0.05, 0) is 41.6 Å². The lowest BCUT2D eigenvalue weighted by Crippen LogP contribution is -1.95. The Labute approximate surface area is 95.4 Å². The zero-order valence-corrected chi connectivity index (χ0v) is 10.1. The van der Waals surface area contributed by atoms with Crippen molar-refractivity contribution in [2.24, 2.45) is 0 Å². The molecule has 0 aromatic heterocycles. The fraction of sp³-hybridized carbons (Fsp3) is 0.222. The molecule has 0 saturated heterocycles. The van der Waals surface area contributed by atoms with Crippen LogP contribution in [0, 0.1) is 3.57 Å². The lowest BCUT2D eigenvalue weighted by atomic mass is 10.1. The molecule has 0 unspecified atom stereocenters. The molecule has 1 aromatic rings. The Hall–Kier alpha value is -0.290. The minimum absolute atomic E-state index is 0.0170. The normalized spacial score (nSPS) is 9.85. The molecule has 0 amide bonds. The summed E-state index contributed by atoms with van der Waals surface area (Å²) >= 11 is 7.98. The van der Waals surface area contributed by atoms with E-state index in [2.05, 4.69) is 22.6 Å². The first-order chi connectivity index (χ1) is 6.06. The van der Waals surface area contributed by atoms with E-state index in [4.69, 9.17) is 16.3 Å². The van der Waals surface area contributed by atoms with Crippen LogP contribution in [0.4, 0.5) is 0 Å². The van der Waals surface area contributed by atoms with Gasteiger partial charge in [0, 0.05) is 5.56 Å². The lowest BCUT2D eigenvalue weighted by molar-refractivity contribution is 0.101. The average molecular weight is 311 g/mol. The molecule has 0 saturated carbocycles. The van der Waals surface area contributed by atoms with Crippen molar-refractivity contribution < 1.29 is 9.53 Å². The number of ketones is 1. The highest BCUT2D eigenvalue weighted by molar-refractivity contribution is 14.1. The fourth-order valence-electron chi connectivity index (χ4n) is 0.916. The highest BCUT2D eigenvalue weighted by atomic mass is 127. The second kappa shape index (κ2) is 4.28. The summed E-state index contributed by atoms with van der Waals surface area (Å²) in [5, 5.41) is 0.546. The number of hydrogen-bond acceptors (Lipinski definition) is 2. The van der Waals surface area contributed by atoms with Crippen molar-refractivity contribution >= 4 is 40.0 Å². The van der Waals surface area contributed by atoms with E-state index < -0.39 is 0 Å². The summed E-state index contributed by atoms with van der Waals surface area (Å²) < 4.78 is 5.90. The number of ether oxygens (including phenoxy) is 1. The first-order valence-corrected chi connectivity index (χ1v) is 5.06. The summed E-state index contributed by atoms with van der Waals surface area (Å²) in [5.41, 5.74) is 0.572. The van der Waals surface area contributed by atoms with E-state index in [0.29, 0.717) is 16.3 Å².